The molecule has 67 heavy (non-hydrogen) atoms. The van der Waals surface area contributed by atoms with E-state index in [-0.39, 0.29) is 43.3 Å². The summed E-state index contributed by atoms with van der Waals surface area (Å²) in [4.78, 5) is 38.3. The molecule has 2 atom stereocenters. The van der Waals surface area contributed by atoms with Gasteiger partial charge in [-0.15, -0.1) is 0 Å². The first-order valence-electron chi connectivity index (χ1n) is 28.4. The van der Waals surface area contributed by atoms with E-state index in [1.165, 1.54) is 141 Å². The summed E-state index contributed by atoms with van der Waals surface area (Å²) in [6.07, 6.45) is 45.2. The summed E-state index contributed by atoms with van der Waals surface area (Å²) in [5.41, 5.74) is 2.20. The van der Waals surface area contributed by atoms with E-state index in [9.17, 15) is 9.59 Å². The van der Waals surface area contributed by atoms with Gasteiger partial charge in [-0.1, -0.05) is 220 Å². The molecule has 0 radical (unpaired) electrons. The van der Waals surface area contributed by atoms with Crippen molar-refractivity contribution >= 4 is 11.9 Å². The van der Waals surface area contributed by atoms with Crippen LogP contribution in [-0.2, 0) is 51.6 Å². The fraction of sp³-hybridized carbons (Fsp3) is 0.797. The number of ether oxygens (including phenoxy) is 2. The number of nitrogens with zero attached hydrogens (tertiary/aromatic N) is 3. The number of unbranched alkanes of at least 4 members (excludes halogenated alkanes) is 22. The van der Waals surface area contributed by atoms with E-state index < -0.39 is 0 Å². The predicted octanol–water partition coefficient (Wildman–Crippen LogP) is 17.1. The van der Waals surface area contributed by atoms with Crippen LogP contribution in [0.25, 0.3) is 0 Å². The first kappa shape index (κ1) is 62.8. The van der Waals surface area contributed by atoms with Crippen LogP contribution in [0.5, 0.6) is 0 Å². The van der Waals surface area contributed by atoms with Crippen LogP contribution in [0.4, 0.5) is 0 Å². The van der Waals surface area contributed by atoms with Gasteiger partial charge in [-0.2, -0.15) is 0 Å². The molecule has 2 rings (SSSR count). The number of hydrogen-bond acceptors (Lipinski definition) is 7. The standard InChI is InChI=1S/C59H103N3O4.Zn/c1-5-9-13-17-19-29-41-54(39-27-15-11-7-3)58(63)65-49-35-23-21-25-37-53(45-48-62(51-56-43-31-33-46-60-56)52-57-44-32-34-47-61-57)38-26-22-24-36-50-66-59(64)55(40-28-16-12-8-4)42-30-20-18-14-10-6-2;/h31-34,43-44,46-47,53-55H,5-30,35-42,45,48-52H2,1-4H3;/q;+2. The van der Waals surface area contributed by atoms with Gasteiger partial charge in [-0.3, -0.25) is 24.5 Å². The molecule has 0 amide bonds. The quantitative estimate of drug-likeness (QED) is 0.0371. The summed E-state index contributed by atoms with van der Waals surface area (Å²) >= 11 is 0. The first-order valence-corrected chi connectivity index (χ1v) is 28.4. The van der Waals surface area contributed by atoms with Gasteiger partial charge in [-0.05, 0) is 81.7 Å². The number of esters is 2. The Labute approximate surface area is 426 Å². The molecule has 378 valence electrons. The van der Waals surface area contributed by atoms with Crippen molar-refractivity contribution in [1.29, 1.82) is 0 Å². The fourth-order valence-electron chi connectivity index (χ4n) is 9.55. The third-order valence-electron chi connectivity index (χ3n) is 13.9. The molecule has 0 fully saturated rings. The van der Waals surface area contributed by atoms with Gasteiger partial charge in [0.2, 0.25) is 0 Å². The number of aromatic nitrogens is 2. The zero-order chi connectivity index (χ0) is 47.4. The summed E-state index contributed by atoms with van der Waals surface area (Å²) in [6, 6.07) is 12.4. The van der Waals surface area contributed by atoms with E-state index in [1.54, 1.807) is 0 Å². The molecule has 2 unspecified atom stereocenters. The Morgan fingerprint density at radius 3 is 1.12 bits per heavy atom. The SMILES string of the molecule is CCCCCCCCC(CCCCCC)C(=O)OCCCCCCC(CCCCCCOC(=O)C(CCCCCC)CCCCCCCC)CCN(Cc1ccccn1)Cc1ccccn1.[Zn+2]. The molecule has 8 heteroatoms. The van der Waals surface area contributed by atoms with Crippen molar-refractivity contribution in [3.63, 3.8) is 0 Å². The van der Waals surface area contributed by atoms with Gasteiger partial charge in [0.05, 0.1) is 36.4 Å². The van der Waals surface area contributed by atoms with E-state index in [4.69, 9.17) is 9.47 Å². The largest absolute Gasteiger partial charge is 2.00 e. The Balaban J connectivity index is 0.0000224. The Morgan fingerprint density at radius 1 is 0.433 bits per heavy atom. The average Bonchev–Trinajstić information content (AvgIpc) is 3.33. The molecule has 0 aliphatic carbocycles. The van der Waals surface area contributed by atoms with Crippen LogP contribution < -0.4 is 0 Å². The molecular weight excluding hydrogens is 880 g/mol. The zero-order valence-corrected chi connectivity index (χ0v) is 47.3. The number of pyridine rings is 2. The van der Waals surface area contributed by atoms with E-state index in [2.05, 4.69) is 66.8 Å². The van der Waals surface area contributed by atoms with E-state index in [0.717, 1.165) is 114 Å². The van der Waals surface area contributed by atoms with Crippen LogP contribution in [0.3, 0.4) is 0 Å². The summed E-state index contributed by atoms with van der Waals surface area (Å²) in [5.74, 6) is 0.933. The Hall–Kier alpha value is -2.18. The number of hydrogen-bond donors (Lipinski definition) is 0. The van der Waals surface area contributed by atoms with Crippen molar-refractivity contribution in [2.45, 2.75) is 266 Å². The number of carbonyl (C=O) groups is 2. The van der Waals surface area contributed by atoms with Crippen LogP contribution in [-0.4, -0.2) is 46.6 Å². The second kappa shape index (κ2) is 46.2. The third kappa shape index (κ3) is 35.6. The van der Waals surface area contributed by atoms with Gasteiger partial charge in [0, 0.05) is 25.5 Å². The summed E-state index contributed by atoms with van der Waals surface area (Å²) in [5, 5.41) is 0. The fourth-order valence-corrected chi connectivity index (χ4v) is 9.55. The molecule has 0 bridgehead atoms. The summed E-state index contributed by atoms with van der Waals surface area (Å²) in [6.45, 7) is 12.8. The molecule has 0 aliphatic heterocycles. The zero-order valence-electron chi connectivity index (χ0n) is 44.3. The normalized spacial score (nSPS) is 12.7. The second-order valence-corrected chi connectivity index (χ2v) is 20.0. The van der Waals surface area contributed by atoms with Crippen molar-refractivity contribution in [3.05, 3.63) is 60.2 Å². The van der Waals surface area contributed by atoms with Crippen LogP contribution in [0.1, 0.15) is 264 Å². The Kier molecular flexibility index (Phi) is 43.3. The molecule has 0 N–H and O–H groups in total. The van der Waals surface area contributed by atoms with Gasteiger partial charge in [0.15, 0.2) is 0 Å². The van der Waals surface area contributed by atoms with Crippen molar-refractivity contribution in [2.24, 2.45) is 17.8 Å². The second-order valence-electron chi connectivity index (χ2n) is 20.0. The molecule has 7 nitrogen and oxygen atoms in total. The molecule has 0 saturated heterocycles. The topological polar surface area (TPSA) is 81.6 Å². The van der Waals surface area contributed by atoms with Crippen molar-refractivity contribution < 1.29 is 38.5 Å². The number of rotatable bonds is 47. The minimum Gasteiger partial charge on any atom is -0.465 e. The maximum Gasteiger partial charge on any atom is 2.00 e. The van der Waals surface area contributed by atoms with Crippen molar-refractivity contribution in [1.82, 2.24) is 14.9 Å². The average molecular weight is 984 g/mol. The molecule has 0 saturated carbocycles. The van der Waals surface area contributed by atoms with Crippen LogP contribution in [0, 0.1) is 17.8 Å². The molecule has 0 aliphatic rings. The summed E-state index contributed by atoms with van der Waals surface area (Å²) in [7, 11) is 0. The van der Waals surface area contributed by atoms with E-state index in [0.29, 0.717) is 19.1 Å². The molecule has 2 aromatic rings. The number of carbonyl (C=O) groups excluding carboxylic acids is 2. The first-order chi connectivity index (χ1) is 32.5. The predicted molar refractivity (Wildman–Crippen MR) is 279 cm³/mol. The van der Waals surface area contributed by atoms with Gasteiger partial charge in [-0.25, -0.2) is 0 Å². The molecule has 2 aromatic heterocycles. The van der Waals surface area contributed by atoms with Crippen molar-refractivity contribution in [2.75, 3.05) is 19.8 Å². The molecule has 0 spiro atoms. The maximum absolute atomic E-state index is 13.2. The molecule has 0 aromatic carbocycles. The minimum atomic E-state index is 0. The maximum atomic E-state index is 13.2. The van der Waals surface area contributed by atoms with Gasteiger partial charge in [0.25, 0.3) is 0 Å². The summed E-state index contributed by atoms with van der Waals surface area (Å²) < 4.78 is 11.9. The minimum absolute atomic E-state index is 0. The van der Waals surface area contributed by atoms with Crippen LogP contribution in [0.2, 0.25) is 0 Å². The smallest absolute Gasteiger partial charge is 0.465 e. The molecule has 2 heterocycles. The van der Waals surface area contributed by atoms with Crippen molar-refractivity contribution in [3.8, 4) is 0 Å². The van der Waals surface area contributed by atoms with Crippen LogP contribution in [0.15, 0.2) is 48.8 Å². The third-order valence-corrected chi connectivity index (χ3v) is 13.9. The van der Waals surface area contributed by atoms with Gasteiger partial charge in [0.1, 0.15) is 0 Å². The van der Waals surface area contributed by atoms with Gasteiger partial charge >= 0.3 is 31.4 Å². The monoisotopic (exact) mass is 982 g/mol. The molecular formula is C59H103N3O4Zn+2. The van der Waals surface area contributed by atoms with E-state index >= 15 is 0 Å². The van der Waals surface area contributed by atoms with E-state index in [1.807, 2.05) is 24.5 Å². The van der Waals surface area contributed by atoms with Gasteiger partial charge < -0.3 is 9.47 Å². The Morgan fingerprint density at radius 2 is 0.761 bits per heavy atom. The Bertz CT molecular complexity index is 1270. The van der Waals surface area contributed by atoms with Crippen LogP contribution >= 0.6 is 0 Å².